The van der Waals surface area contributed by atoms with Crippen molar-refractivity contribution in [2.75, 3.05) is 5.32 Å². The lowest BCUT2D eigenvalue weighted by Crippen LogP contribution is -2.35. The summed E-state index contributed by atoms with van der Waals surface area (Å²) in [7, 11) is 0. The molecule has 2 aromatic carbocycles. The Balaban J connectivity index is 1.86. The Morgan fingerprint density at radius 1 is 1.12 bits per heavy atom. The third-order valence-corrected chi connectivity index (χ3v) is 3.81. The summed E-state index contributed by atoms with van der Waals surface area (Å²) >= 11 is 3.38. The van der Waals surface area contributed by atoms with E-state index in [2.05, 4.69) is 31.8 Å². The van der Waals surface area contributed by atoms with Crippen LogP contribution in [0.25, 0.3) is 6.08 Å². The largest absolute Gasteiger partial charge is 0.374 e. The maximum Gasteiger partial charge on any atom is 0.262 e. The van der Waals surface area contributed by atoms with Crippen molar-refractivity contribution in [2.45, 2.75) is 19.9 Å². The van der Waals surface area contributed by atoms with Crippen molar-refractivity contribution in [3.8, 4) is 0 Å². The Bertz CT molecular complexity index is 724. The maximum atomic E-state index is 12.1. The minimum atomic E-state index is -0.388. The molecule has 2 aromatic rings. The number of allylic oxidation sites excluding steroid dienone is 1. The Kier molecular flexibility index (Phi) is 6.75. The van der Waals surface area contributed by atoms with Gasteiger partial charge in [0.2, 0.25) is 0 Å². The van der Waals surface area contributed by atoms with E-state index in [4.69, 9.17) is 0 Å². The first kappa shape index (κ1) is 17.9. The number of carbonyl (C=O) groups is 1. The molecule has 0 bridgehead atoms. The summed E-state index contributed by atoms with van der Waals surface area (Å²) in [6.07, 6.45) is 3.82. The van der Waals surface area contributed by atoms with Crippen LogP contribution in [0.2, 0.25) is 0 Å². The van der Waals surface area contributed by atoms with Crippen molar-refractivity contribution in [3.63, 3.8) is 0 Å². The minimum absolute atomic E-state index is 0.189. The molecule has 0 spiro atoms. The van der Waals surface area contributed by atoms with E-state index < -0.39 is 0 Å². The highest BCUT2D eigenvalue weighted by atomic mass is 79.9. The van der Waals surface area contributed by atoms with E-state index in [1.165, 1.54) is 0 Å². The molecule has 0 fully saturated rings. The van der Waals surface area contributed by atoms with Crippen molar-refractivity contribution < 1.29 is 4.79 Å². The number of halogens is 1. The standard InChI is InChI=1S/C19H20BrN3O/c1-14(8-9-16-6-4-3-5-7-16)22-23-19(24)15(2)21-18-12-10-17(20)11-13-18/h3-13,15,21H,1-2H3,(H,23,24). The molecule has 24 heavy (non-hydrogen) atoms. The van der Waals surface area contributed by atoms with Crippen molar-refractivity contribution in [2.24, 2.45) is 5.10 Å². The highest BCUT2D eigenvalue weighted by molar-refractivity contribution is 9.10. The van der Waals surface area contributed by atoms with Crippen LogP contribution >= 0.6 is 15.9 Å². The zero-order chi connectivity index (χ0) is 17.4. The zero-order valence-corrected chi connectivity index (χ0v) is 15.2. The fourth-order valence-electron chi connectivity index (χ4n) is 1.92. The van der Waals surface area contributed by atoms with Crippen LogP contribution < -0.4 is 10.7 Å². The second-order valence-corrected chi connectivity index (χ2v) is 6.26. The van der Waals surface area contributed by atoms with Crippen LogP contribution in [0.3, 0.4) is 0 Å². The molecule has 0 saturated heterocycles. The van der Waals surface area contributed by atoms with Crippen LogP contribution in [0.1, 0.15) is 19.4 Å². The number of hydrogen-bond donors (Lipinski definition) is 2. The van der Waals surface area contributed by atoms with Crippen LogP contribution in [-0.4, -0.2) is 17.7 Å². The van der Waals surface area contributed by atoms with Crippen LogP contribution in [0.15, 0.2) is 70.2 Å². The monoisotopic (exact) mass is 385 g/mol. The van der Waals surface area contributed by atoms with Gasteiger partial charge in [-0.15, -0.1) is 0 Å². The van der Waals surface area contributed by atoms with Gasteiger partial charge >= 0.3 is 0 Å². The number of anilines is 1. The molecule has 0 aliphatic rings. The van der Waals surface area contributed by atoms with E-state index in [9.17, 15) is 4.79 Å². The molecule has 0 heterocycles. The average molecular weight is 386 g/mol. The number of nitrogens with zero attached hydrogens (tertiary/aromatic N) is 1. The number of rotatable bonds is 6. The molecule has 2 rings (SSSR count). The van der Waals surface area contributed by atoms with Gasteiger partial charge in [-0.2, -0.15) is 5.10 Å². The second-order valence-electron chi connectivity index (χ2n) is 5.35. The van der Waals surface area contributed by atoms with E-state index in [1.54, 1.807) is 6.92 Å². The number of nitrogens with one attached hydrogen (secondary N) is 2. The van der Waals surface area contributed by atoms with Gasteiger partial charge in [-0.3, -0.25) is 4.79 Å². The van der Waals surface area contributed by atoms with Gasteiger partial charge in [0.15, 0.2) is 0 Å². The number of carbonyl (C=O) groups excluding carboxylic acids is 1. The highest BCUT2D eigenvalue weighted by Crippen LogP contribution is 2.14. The Hall–Kier alpha value is -2.40. The van der Waals surface area contributed by atoms with Crippen LogP contribution in [0.5, 0.6) is 0 Å². The fourth-order valence-corrected chi connectivity index (χ4v) is 2.18. The number of amides is 1. The molecule has 0 saturated carbocycles. The summed E-state index contributed by atoms with van der Waals surface area (Å²) in [5, 5.41) is 7.23. The van der Waals surface area contributed by atoms with Crippen LogP contribution in [0.4, 0.5) is 5.69 Å². The van der Waals surface area contributed by atoms with Gasteiger partial charge in [0.1, 0.15) is 6.04 Å². The fraction of sp³-hybridized carbons (Fsp3) is 0.158. The van der Waals surface area contributed by atoms with Gasteiger partial charge in [-0.05, 0) is 49.8 Å². The first-order valence-corrected chi connectivity index (χ1v) is 8.43. The Labute approximate surface area is 150 Å². The van der Waals surface area contributed by atoms with Gasteiger partial charge < -0.3 is 5.32 Å². The Morgan fingerprint density at radius 3 is 2.46 bits per heavy atom. The topological polar surface area (TPSA) is 53.5 Å². The minimum Gasteiger partial charge on any atom is -0.374 e. The molecular weight excluding hydrogens is 366 g/mol. The zero-order valence-electron chi connectivity index (χ0n) is 13.7. The normalized spacial score (nSPS) is 12.9. The predicted octanol–water partition coefficient (Wildman–Crippen LogP) is 4.46. The van der Waals surface area contributed by atoms with Gasteiger partial charge in [0, 0.05) is 10.2 Å². The molecular formula is C19H20BrN3O. The summed E-state index contributed by atoms with van der Waals surface area (Å²) in [6.45, 7) is 3.63. The molecule has 0 aliphatic heterocycles. The summed E-state index contributed by atoms with van der Waals surface area (Å²) < 4.78 is 0.996. The number of hydrogen-bond acceptors (Lipinski definition) is 3. The van der Waals surface area contributed by atoms with E-state index in [0.29, 0.717) is 0 Å². The van der Waals surface area contributed by atoms with Crippen molar-refractivity contribution in [1.82, 2.24) is 5.43 Å². The van der Waals surface area contributed by atoms with Gasteiger partial charge in [-0.25, -0.2) is 5.43 Å². The van der Waals surface area contributed by atoms with Crippen LogP contribution in [-0.2, 0) is 4.79 Å². The van der Waals surface area contributed by atoms with Crippen LogP contribution in [0, 0.1) is 0 Å². The molecule has 0 aliphatic carbocycles. The molecule has 0 radical (unpaired) electrons. The molecule has 4 nitrogen and oxygen atoms in total. The lowest BCUT2D eigenvalue weighted by Gasteiger charge is -2.13. The van der Waals surface area contributed by atoms with E-state index in [0.717, 1.165) is 21.4 Å². The van der Waals surface area contributed by atoms with E-state index in [1.807, 2.05) is 73.7 Å². The Morgan fingerprint density at radius 2 is 1.79 bits per heavy atom. The molecule has 5 heteroatoms. The number of benzene rings is 2. The first-order chi connectivity index (χ1) is 11.5. The van der Waals surface area contributed by atoms with Gasteiger partial charge in [-0.1, -0.05) is 52.3 Å². The molecule has 1 unspecified atom stereocenters. The summed E-state index contributed by atoms with van der Waals surface area (Å²) in [6, 6.07) is 17.2. The summed E-state index contributed by atoms with van der Waals surface area (Å²) in [5.74, 6) is -0.189. The molecule has 124 valence electrons. The number of hydrazone groups is 1. The second kappa shape index (κ2) is 9.03. The van der Waals surface area contributed by atoms with Crippen molar-refractivity contribution >= 4 is 39.3 Å². The quantitative estimate of drug-likeness (QED) is 0.569. The van der Waals surface area contributed by atoms with Gasteiger partial charge in [0.25, 0.3) is 5.91 Å². The van der Waals surface area contributed by atoms with Gasteiger partial charge in [0.05, 0.1) is 5.71 Å². The van der Waals surface area contributed by atoms with Crippen molar-refractivity contribution in [3.05, 3.63) is 70.7 Å². The van der Waals surface area contributed by atoms with E-state index >= 15 is 0 Å². The lowest BCUT2D eigenvalue weighted by molar-refractivity contribution is -0.121. The molecule has 1 atom stereocenters. The third kappa shape index (κ3) is 6.01. The molecule has 1 amide bonds. The van der Waals surface area contributed by atoms with Crippen molar-refractivity contribution in [1.29, 1.82) is 0 Å². The third-order valence-electron chi connectivity index (χ3n) is 3.28. The summed E-state index contributed by atoms with van der Waals surface area (Å²) in [5.41, 5.74) is 5.27. The highest BCUT2D eigenvalue weighted by Gasteiger charge is 2.11. The molecule has 0 aromatic heterocycles. The summed E-state index contributed by atoms with van der Waals surface area (Å²) in [4.78, 5) is 12.1. The SMILES string of the molecule is CC(C=Cc1ccccc1)=NNC(=O)C(C)Nc1ccc(Br)cc1. The smallest absolute Gasteiger partial charge is 0.262 e. The molecule has 2 N–H and O–H groups in total. The lowest BCUT2D eigenvalue weighted by atomic mass is 10.2. The predicted molar refractivity (Wildman–Crippen MR) is 104 cm³/mol. The van der Waals surface area contributed by atoms with E-state index in [-0.39, 0.29) is 11.9 Å². The average Bonchev–Trinajstić information content (AvgIpc) is 2.60. The maximum absolute atomic E-state index is 12.1. The first-order valence-electron chi connectivity index (χ1n) is 7.64.